The minimum absolute atomic E-state index is 0.0796. The van der Waals surface area contributed by atoms with Gasteiger partial charge in [-0.15, -0.1) is 0 Å². The van der Waals surface area contributed by atoms with E-state index in [1.807, 2.05) is 33.8 Å². The number of hydrogen-bond acceptors (Lipinski definition) is 6. The Morgan fingerprint density at radius 1 is 1.20 bits per heavy atom. The first-order valence-electron chi connectivity index (χ1n) is 11.0. The Bertz CT molecular complexity index is 792. The number of esters is 2. The minimum Gasteiger partial charge on any atom is -0.465 e. The Morgan fingerprint density at radius 2 is 1.87 bits per heavy atom. The zero-order valence-corrected chi connectivity index (χ0v) is 19.1. The Hall–Kier alpha value is -2.08. The average Bonchev–Trinajstić information content (AvgIpc) is 3.50. The number of carbonyl (C=O) groups excluding carboxylic acids is 2. The van der Waals surface area contributed by atoms with E-state index >= 15 is 0 Å². The molecule has 2 unspecified atom stereocenters. The molecule has 1 saturated heterocycles. The molecule has 30 heavy (non-hydrogen) atoms. The van der Waals surface area contributed by atoms with E-state index in [2.05, 4.69) is 17.9 Å². The highest BCUT2D eigenvalue weighted by Crippen LogP contribution is 2.50. The third-order valence-corrected chi connectivity index (χ3v) is 6.02. The molecule has 1 saturated carbocycles. The van der Waals surface area contributed by atoms with Crippen LogP contribution in [0.3, 0.4) is 0 Å². The highest BCUT2D eigenvalue weighted by molar-refractivity contribution is 5.93. The first kappa shape index (κ1) is 22.6. The van der Waals surface area contributed by atoms with Gasteiger partial charge in [0.15, 0.2) is 0 Å². The standard InChI is InChI=1S/C24H35NO5/c1-7-25(17-8-10-29-11-9-17)21-13-16(12-18(15(21)2)22(26)28-6)19-14-20(19)23(27)30-24(3,4)5/h12-13,17,19-20H,7-11,14H2,1-6H3. The lowest BCUT2D eigenvalue weighted by molar-refractivity contribution is -0.156. The Balaban J connectivity index is 1.93. The third-order valence-electron chi connectivity index (χ3n) is 6.02. The lowest BCUT2D eigenvalue weighted by Crippen LogP contribution is -2.40. The Kier molecular flexibility index (Phi) is 6.75. The van der Waals surface area contributed by atoms with Gasteiger partial charge in [-0.25, -0.2) is 4.79 Å². The number of methoxy groups -OCH3 is 1. The lowest BCUT2D eigenvalue weighted by Gasteiger charge is -2.37. The Morgan fingerprint density at radius 3 is 2.43 bits per heavy atom. The molecule has 0 amide bonds. The van der Waals surface area contributed by atoms with E-state index in [1.165, 1.54) is 7.11 Å². The highest BCUT2D eigenvalue weighted by Gasteiger charge is 2.47. The SMILES string of the molecule is CCN(c1cc(C2CC2C(=O)OC(C)(C)C)cc(C(=O)OC)c1C)C1CCOCC1. The van der Waals surface area contributed by atoms with Crippen molar-refractivity contribution in [1.82, 2.24) is 0 Å². The molecular weight excluding hydrogens is 382 g/mol. The highest BCUT2D eigenvalue weighted by atomic mass is 16.6. The molecule has 166 valence electrons. The zero-order chi connectivity index (χ0) is 22.1. The van der Waals surface area contributed by atoms with Crippen LogP contribution in [0.25, 0.3) is 0 Å². The normalized spacial score (nSPS) is 21.8. The molecule has 2 fully saturated rings. The average molecular weight is 418 g/mol. The largest absolute Gasteiger partial charge is 0.465 e. The summed E-state index contributed by atoms with van der Waals surface area (Å²) in [6, 6.07) is 4.44. The van der Waals surface area contributed by atoms with Gasteiger partial charge in [-0.2, -0.15) is 0 Å². The number of carbonyl (C=O) groups is 2. The van der Waals surface area contributed by atoms with E-state index in [0.717, 1.165) is 55.8 Å². The van der Waals surface area contributed by atoms with Gasteiger partial charge in [-0.05, 0) is 83.1 Å². The van der Waals surface area contributed by atoms with Crippen LogP contribution in [0, 0.1) is 12.8 Å². The van der Waals surface area contributed by atoms with Crippen LogP contribution in [0.5, 0.6) is 0 Å². The molecule has 1 aliphatic carbocycles. The minimum atomic E-state index is -0.498. The van der Waals surface area contributed by atoms with E-state index in [4.69, 9.17) is 14.2 Å². The first-order chi connectivity index (χ1) is 14.2. The van der Waals surface area contributed by atoms with Crippen LogP contribution >= 0.6 is 0 Å². The van der Waals surface area contributed by atoms with Crippen molar-refractivity contribution in [2.24, 2.45) is 5.92 Å². The summed E-state index contributed by atoms with van der Waals surface area (Å²) in [6.07, 6.45) is 2.69. The second kappa shape index (κ2) is 8.96. The van der Waals surface area contributed by atoms with Gasteiger partial charge in [-0.1, -0.05) is 0 Å². The number of ether oxygens (including phenoxy) is 3. The molecule has 0 bridgehead atoms. The van der Waals surface area contributed by atoms with Crippen LogP contribution in [0.1, 0.15) is 74.4 Å². The number of hydrogen-bond donors (Lipinski definition) is 0. The van der Waals surface area contributed by atoms with Crippen LogP contribution < -0.4 is 4.90 Å². The number of benzene rings is 1. The van der Waals surface area contributed by atoms with E-state index in [0.29, 0.717) is 11.6 Å². The summed E-state index contributed by atoms with van der Waals surface area (Å²) in [5.41, 5.74) is 3.07. The van der Waals surface area contributed by atoms with Crippen molar-refractivity contribution in [2.75, 3.05) is 31.8 Å². The van der Waals surface area contributed by atoms with Gasteiger partial charge in [0.05, 0.1) is 18.6 Å². The van der Waals surface area contributed by atoms with Crippen LogP contribution in [-0.4, -0.2) is 50.4 Å². The monoisotopic (exact) mass is 417 g/mol. The van der Waals surface area contributed by atoms with Gasteiger partial charge >= 0.3 is 11.9 Å². The molecule has 0 spiro atoms. The van der Waals surface area contributed by atoms with Crippen molar-refractivity contribution < 1.29 is 23.8 Å². The molecule has 1 aromatic rings. The molecule has 3 rings (SSSR count). The summed E-state index contributed by atoms with van der Waals surface area (Å²) in [6.45, 7) is 12.1. The predicted molar refractivity (Wildman–Crippen MR) is 116 cm³/mol. The second-order valence-electron chi connectivity index (χ2n) is 9.32. The lowest BCUT2D eigenvalue weighted by atomic mass is 9.96. The van der Waals surface area contributed by atoms with Crippen molar-refractivity contribution >= 4 is 17.6 Å². The van der Waals surface area contributed by atoms with Gasteiger partial charge in [0.1, 0.15) is 5.60 Å². The van der Waals surface area contributed by atoms with Gasteiger partial charge < -0.3 is 19.1 Å². The van der Waals surface area contributed by atoms with Crippen LogP contribution in [0.15, 0.2) is 12.1 Å². The molecule has 2 aliphatic rings. The molecular formula is C24H35NO5. The van der Waals surface area contributed by atoms with Crippen LogP contribution in [0.2, 0.25) is 0 Å². The number of rotatable bonds is 6. The molecule has 0 N–H and O–H groups in total. The van der Waals surface area contributed by atoms with Crippen LogP contribution in [0.4, 0.5) is 5.69 Å². The molecule has 1 heterocycles. The summed E-state index contributed by atoms with van der Waals surface area (Å²) < 4.78 is 16.2. The van der Waals surface area contributed by atoms with Gasteiger partial charge in [0, 0.05) is 31.5 Å². The maximum Gasteiger partial charge on any atom is 0.338 e. The smallest absolute Gasteiger partial charge is 0.338 e. The van der Waals surface area contributed by atoms with Crippen molar-refractivity contribution in [1.29, 1.82) is 0 Å². The molecule has 1 aromatic carbocycles. The summed E-state index contributed by atoms with van der Waals surface area (Å²) in [7, 11) is 1.41. The van der Waals surface area contributed by atoms with Crippen LogP contribution in [-0.2, 0) is 19.0 Å². The fourth-order valence-electron chi connectivity index (χ4n) is 4.38. The number of nitrogens with zero attached hydrogens (tertiary/aromatic N) is 1. The zero-order valence-electron chi connectivity index (χ0n) is 19.1. The van der Waals surface area contributed by atoms with E-state index in [1.54, 1.807) is 0 Å². The maximum atomic E-state index is 12.5. The molecule has 6 nitrogen and oxygen atoms in total. The molecule has 2 atom stereocenters. The van der Waals surface area contributed by atoms with E-state index < -0.39 is 5.60 Å². The quantitative estimate of drug-likeness (QED) is 0.646. The molecule has 0 aromatic heterocycles. The van der Waals surface area contributed by atoms with Crippen molar-refractivity contribution in [3.8, 4) is 0 Å². The topological polar surface area (TPSA) is 65.1 Å². The first-order valence-corrected chi connectivity index (χ1v) is 11.0. The third kappa shape index (κ3) is 4.97. The predicted octanol–water partition coefficient (Wildman–Crippen LogP) is 4.23. The Labute approximate surface area is 179 Å². The van der Waals surface area contributed by atoms with Gasteiger partial charge in [0.2, 0.25) is 0 Å². The summed E-state index contributed by atoms with van der Waals surface area (Å²) >= 11 is 0. The maximum absolute atomic E-state index is 12.5. The van der Waals surface area contributed by atoms with E-state index in [-0.39, 0.29) is 23.8 Å². The van der Waals surface area contributed by atoms with Crippen molar-refractivity contribution in [2.45, 2.75) is 71.4 Å². The second-order valence-corrected chi connectivity index (χ2v) is 9.32. The molecule has 1 aliphatic heterocycles. The summed E-state index contributed by atoms with van der Waals surface area (Å²) in [5.74, 6) is -0.571. The molecule has 6 heteroatoms. The summed E-state index contributed by atoms with van der Waals surface area (Å²) in [5, 5.41) is 0. The summed E-state index contributed by atoms with van der Waals surface area (Å²) in [4.78, 5) is 27.4. The van der Waals surface area contributed by atoms with Crippen molar-refractivity contribution in [3.05, 3.63) is 28.8 Å². The van der Waals surface area contributed by atoms with Gasteiger partial charge in [-0.3, -0.25) is 4.79 Å². The van der Waals surface area contributed by atoms with Gasteiger partial charge in [0.25, 0.3) is 0 Å². The molecule has 0 radical (unpaired) electrons. The van der Waals surface area contributed by atoms with E-state index in [9.17, 15) is 9.59 Å². The fraction of sp³-hybridized carbons (Fsp3) is 0.667. The number of anilines is 1. The van der Waals surface area contributed by atoms with Crippen molar-refractivity contribution in [3.63, 3.8) is 0 Å². The fourth-order valence-corrected chi connectivity index (χ4v) is 4.38.